The van der Waals surface area contributed by atoms with Crippen LogP contribution in [-0.2, 0) is 16.6 Å². The van der Waals surface area contributed by atoms with Crippen molar-refractivity contribution in [3.05, 3.63) is 58.7 Å². The van der Waals surface area contributed by atoms with Gasteiger partial charge in [-0.15, -0.1) is 0 Å². The summed E-state index contributed by atoms with van der Waals surface area (Å²) in [7, 11) is -0.584. The van der Waals surface area contributed by atoms with Crippen LogP contribution in [0.3, 0.4) is 0 Å². The molecule has 1 N–H and O–H groups in total. The van der Waals surface area contributed by atoms with Gasteiger partial charge in [0.2, 0.25) is 10.0 Å². The van der Waals surface area contributed by atoms with Crippen molar-refractivity contribution in [2.75, 3.05) is 20.7 Å². The van der Waals surface area contributed by atoms with Gasteiger partial charge in [0, 0.05) is 19.2 Å². The molecule has 2 aromatic carbocycles. The largest absolute Gasteiger partial charge is 0.494 e. The lowest BCUT2D eigenvalue weighted by Gasteiger charge is -2.19. The van der Waals surface area contributed by atoms with Gasteiger partial charge >= 0.3 is 0 Å². The average molecular weight is 391 g/mol. The number of nitrogens with zero attached hydrogens (tertiary/aromatic N) is 1. The van der Waals surface area contributed by atoms with Crippen molar-refractivity contribution < 1.29 is 17.9 Å². The third-order valence-electron chi connectivity index (χ3n) is 4.43. The lowest BCUT2D eigenvalue weighted by molar-refractivity contribution is 0.0784. The number of hydrogen-bond donors (Lipinski definition) is 1. The van der Waals surface area contributed by atoms with Crippen LogP contribution < -0.4 is 9.46 Å². The van der Waals surface area contributed by atoms with Gasteiger partial charge in [-0.3, -0.25) is 4.79 Å². The van der Waals surface area contributed by atoms with Gasteiger partial charge < -0.3 is 9.64 Å². The minimum Gasteiger partial charge on any atom is -0.494 e. The van der Waals surface area contributed by atoms with E-state index in [1.54, 1.807) is 31.9 Å². The molecule has 2 aromatic rings. The first-order chi connectivity index (χ1) is 12.7. The van der Waals surface area contributed by atoms with Gasteiger partial charge in [-0.05, 0) is 68.8 Å². The number of hydrogen-bond acceptors (Lipinski definition) is 4. The fraction of sp³-hybridized carbons (Fsp3) is 0.350. The zero-order valence-corrected chi connectivity index (χ0v) is 17.2. The molecule has 0 aliphatic rings. The maximum Gasteiger partial charge on any atom is 0.253 e. The normalized spacial score (nSPS) is 11.3. The SMILES string of the molecule is CCOc1ccc(CN(C)C(=O)c2cc(C)c(C)c(S(=O)(=O)NC)c2)cc1. The first-order valence-corrected chi connectivity index (χ1v) is 10.2. The summed E-state index contributed by atoms with van der Waals surface area (Å²) in [6.45, 7) is 6.46. The first kappa shape index (κ1) is 20.9. The van der Waals surface area contributed by atoms with Crippen LogP contribution in [0.15, 0.2) is 41.3 Å². The molecule has 0 heterocycles. The average Bonchev–Trinajstić information content (AvgIpc) is 2.64. The van der Waals surface area contributed by atoms with E-state index in [0.29, 0.717) is 24.3 Å². The van der Waals surface area contributed by atoms with Gasteiger partial charge in [0.15, 0.2) is 0 Å². The summed E-state index contributed by atoms with van der Waals surface area (Å²) >= 11 is 0. The van der Waals surface area contributed by atoms with Gasteiger partial charge in [0.05, 0.1) is 11.5 Å². The van der Waals surface area contributed by atoms with Crippen molar-refractivity contribution >= 4 is 15.9 Å². The van der Waals surface area contributed by atoms with Crippen LogP contribution in [0.1, 0.15) is 34.0 Å². The fourth-order valence-electron chi connectivity index (χ4n) is 2.76. The molecule has 0 bridgehead atoms. The Morgan fingerprint density at radius 2 is 1.78 bits per heavy atom. The molecule has 27 heavy (non-hydrogen) atoms. The van der Waals surface area contributed by atoms with Crippen LogP contribution in [0.25, 0.3) is 0 Å². The van der Waals surface area contributed by atoms with Crippen LogP contribution in [0.2, 0.25) is 0 Å². The van der Waals surface area contributed by atoms with Crippen LogP contribution >= 0.6 is 0 Å². The molecule has 0 radical (unpaired) electrons. The predicted octanol–water partition coefficient (Wildman–Crippen LogP) is 2.88. The Kier molecular flexibility index (Phi) is 6.62. The fourth-order valence-corrected chi connectivity index (χ4v) is 3.83. The van der Waals surface area contributed by atoms with E-state index in [1.165, 1.54) is 13.1 Å². The second kappa shape index (κ2) is 8.54. The van der Waals surface area contributed by atoms with Crippen molar-refractivity contribution in [3.63, 3.8) is 0 Å². The number of carbonyl (C=O) groups excluding carboxylic acids is 1. The van der Waals surface area contributed by atoms with Crippen molar-refractivity contribution in [1.82, 2.24) is 9.62 Å². The van der Waals surface area contributed by atoms with Crippen LogP contribution in [0.4, 0.5) is 0 Å². The smallest absolute Gasteiger partial charge is 0.253 e. The molecule has 146 valence electrons. The van der Waals surface area contributed by atoms with E-state index < -0.39 is 10.0 Å². The van der Waals surface area contributed by atoms with Crippen molar-refractivity contribution in [2.45, 2.75) is 32.2 Å². The number of rotatable bonds is 7. The maximum absolute atomic E-state index is 12.8. The van der Waals surface area contributed by atoms with Crippen LogP contribution in [-0.4, -0.2) is 39.9 Å². The second-order valence-corrected chi connectivity index (χ2v) is 8.22. The summed E-state index contributed by atoms with van der Waals surface area (Å²) < 4.78 is 32.2. The van der Waals surface area contributed by atoms with Gasteiger partial charge in [-0.25, -0.2) is 13.1 Å². The molecule has 7 heteroatoms. The van der Waals surface area contributed by atoms with E-state index in [0.717, 1.165) is 16.9 Å². The zero-order chi connectivity index (χ0) is 20.2. The highest BCUT2D eigenvalue weighted by Crippen LogP contribution is 2.22. The highest BCUT2D eigenvalue weighted by atomic mass is 32.2. The van der Waals surface area contributed by atoms with E-state index in [9.17, 15) is 13.2 Å². The number of nitrogens with one attached hydrogen (secondary N) is 1. The number of carbonyl (C=O) groups is 1. The molecule has 0 aliphatic carbocycles. The van der Waals surface area contributed by atoms with Crippen molar-refractivity contribution in [1.29, 1.82) is 0 Å². The molecule has 0 aromatic heterocycles. The molecule has 0 aliphatic heterocycles. The van der Waals surface area contributed by atoms with Gasteiger partial charge in [-0.2, -0.15) is 0 Å². The summed E-state index contributed by atoms with van der Waals surface area (Å²) in [5, 5.41) is 0. The lowest BCUT2D eigenvalue weighted by Crippen LogP contribution is -2.27. The quantitative estimate of drug-likeness (QED) is 0.789. The Hall–Kier alpha value is -2.38. The minimum absolute atomic E-state index is 0.128. The monoisotopic (exact) mass is 390 g/mol. The summed E-state index contributed by atoms with van der Waals surface area (Å²) in [4.78, 5) is 14.5. The van der Waals surface area contributed by atoms with Crippen LogP contribution in [0, 0.1) is 13.8 Å². The number of sulfonamides is 1. The Labute approximate surface area is 161 Å². The Balaban J connectivity index is 2.26. The molecule has 0 fully saturated rings. The number of ether oxygens (including phenoxy) is 1. The molecule has 2 rings (SSSR count). The van der Waals surface area contributed by atoms with E-state index in [-0.39, 0.29) is 10.8 Å². The Bertz CT molecular complexity index is 922. The van der Waals surface area contributed by atoms with E-state index in [4.69, 9.17) is 4.74 Å². The lowest BCUT2D eigenvalue weighted by atomic mass is 10.1. The van der Waals surface area contributed by atoms with Gasteiger partial charge in [0.25, 0.3) is 5.91 Å². The number of amides is 1. The van der Waals surface area contributed by atoms with Crippen LogP contribution in [0.5, 0.6) is 5.75 Å². The second-order valence-electron chi connectivity index (χ2n) is 6.36. The summed E-state index contributed by atoms with van der Waals surface area (Å²) in [5.74, 6) is 0.547. The molecule has 0 atom stereocenters. The first-order valence-electron chi connectivity index (χ1n) is 8.71. The molecule has 0 unspecified atom stereocenters. The molecule has 1 amide bonds. The molecule has 0 saturated heterocycles. The third-order valence-corrected chi connectivity index (χ3v) is 5.97. The maximum atomic E-state index is 12.8. The number of aryl methyl sites for hydroxylation is 1. The van der Waals surface area contributed by atoms with E-state index in [2.05, 4.69) is 4.72 Å². The number of benzene rings is 2. The molecule has 6 nitrogen and oxygen atoms in total. The van der Waals surface area contributed by atoms with Crippen molar-refractivity contribution in [3.8, 4) is 5.75 Å². The highest BCUT2D eigenvalue weighted by Gasteiger charge is 2.21. The molecule has 0 spiro atoms. The summed E-state index contributed by atoms with van der Waals surface area (Å²) in [5.41, 5.74) is 2.70. The molecular weight excluding hydrogens is 364 g/mol. The predicted molar refractivity (Wildman–Crippen MR) is 106 cm³/mol. The van der Waals surface area contributed by atoms with E-state index >= 15 is 0 Å². The van der Waals surface area contributed by atoms with Crippen molar-refractivity contribution in [2.24, 2.45) is 0 Å². The minimum atomic E-state index is -3.64. The molecule has 0 saturated carbocycles. The van der Waals surface area contributed by atoms with Gasteiger partial charge in [-0.1, -0.05) is 12.1 Å². The summed E-state index contributed by atoms with van der Waals surface area (Å²) in [6, 6.07) is 10.7. The third kappa shape index (κ3) is 4.87. The van der Waals surface area contributed by atoms with E-state index in [1.807, 2.05) is 31.2 Å². The Morgan fingerprint density at radius 1 is 1.15 bits per heavy atom. The zero-order valence-electron chi connectivity index (χ0n) is 16.4. The highest BCUT2D eigenvalue weighted by molar-refractivity contribution is 7.89. The summed E-state index contributed by atoms with van der Waals surface area (Å²) in [6.07, 6.45) is 0. The molecular formula is C20H26N2O4S. The Morgan fingerprint density at radius 3 is 2.33 bits per heavy atom. The standard InChI is InChI=1S/C20H26N2O4S/c1-6-26-18-9-7-16(8-10-18)13-22(5)20(23)17-11-14(2)15(3)19(12-17)27(24,25)21-4/h7-12,21H,6,13H2,1-5H3. The topological polar surface area (TPSA) is 75.7 Å². The van der Waals surface area contributed by atoms with Gasteiger partial charge in [0.1, 0.15) is 5.75 Å².